The van der Waals surface area contributed by atoms with Gasteiger partial charge < -0.3 is 4.57 Å². The van der Waals surface area contributed by atoms with E-state index in [1.165, 1.54) is 18.6 Å². The Labute approximate surface area is 64.6 Å². The van der Waals surface area contributed by atoms with Gasteiger partial charge in [-0.1, -0.05) is 0 Å². The molecule has 0 aliphatic carbocycles. The lowest BCUT2D eigenvalue weighted by molar-refractivity contribution is 0.643. The molecule has 54 valence electrons. The summed E-state index contributed by atoms with van der Waals surface area (Å²) >= 11 is 2.02. The van der Waals surface area contributed by atoms with Crippen LogP contribution >= 0.6 is 11.8 Å². The van der Waals surface area contributed by atoms with Gasteiger partial charge in [-0.2, -0.15) is 0 Å². The normalized spacial score (nSPS) is 25.4. The summed E-state index contributed by atoms with van der Waals surface area (Å²) in [5.41, 5.74) is 0. The maximum absolute atomic E-state index is 4.02. The highest BCUT2D eigenvalue weighted by Gasteiger charge is 2.15. The van der Waals surface area contributed by atoms with Crippen molar-refractivity contribution in [3.05, 3.63) is 18.7 Å². The Balaban J connectivity index is 2.12. The highest BCUT2D eigenvalue weighted by atomic mass is 32.2. The zero-order valence-corrected chi connectivity index (χ0v) is 6.55. The molecule has 0 aromatic carbocycles. The number of rotatable bonds is 1. The molecule has 0 N–H and O–H groups in total. The number of aromatic nitrogens is 2. The number of hydrogen-bond acceptors (Lipinski definition) is 2. The lowest BCUT2D eigenvalue weighted by Crippen LogP contribution is -1.96. The van der Waals surface area contributed by atoms with Gasteiger partial charge in [-0.3, -0.25) is 0 Å². The number of nitrogens with zero attached hydrogens (tertiary/aromatic N) is 2. The second-order valence-electron chi connectivity index (χ2n) is 2.48. The highest BCUT2D eigenvalue weighted by molar-refractivity contribution is 7.99. The van der Waals surface area contributed by atoms with E-state index in [4.69, 9.17) is 0 Å². The SMILES string of the molecule is c1cn(C2CCCS2)cn1. The molecule has 10 heavy (non-hydrogen) atoms. The monoisotopic (exact) mass is 154 g/mol. The van der Waals surface area contributed by atoms with E-state index in [2.05, 4.69) is 9.55 Å². The summed E-state index contributed by atoms with van der Waals surface area (Å²) in [6, 6.07) is 0. The molecule has 1 atom stereocenters. The summed E-state index contributed by atoms with van der Waals surface area (Å²) in [6.07, 6.45) is 8.46. The van der Waals surface area contributed by atoms with E-state index in [1.54, 1.807) is 0 Å². The Hall–Kier alpha value is -0.440. The zero-order chi connectivity index (χ0) is 6.81. The third-order valence-electron chi connectivity index (χ3n) is 1.76. The lowest BCUT2D eigenvalue weighted by atomic mass is 10.3. The molecule has 1 aromatic rings. The first kappa shape index (κ1) is 6.28. The molecule has 1 unspecified atom stereocenters. The van der Waals surface area contributed by atoms with Gasteiger partial charge in [-0.05, 0) is 18.6 Å². The van der Waals surface area contributed by atoms with Crippen LogP contribution < -0.4 is 0 Å². The number of thioether (sulfide) groups is 1. The Morgan fingerprint density at radius 2 is 2.60 bits per heavy atom. The van der Waals surface area contributed by atoms with Gasteiger partial charge in [0.05, 0.1) is 11.7 Å². The van der Waals surface area contributed by atoms with Crippen LogP contribution in [0.2, 0.25) is 0 Å². The highest BCUT2D eigenvalue weighted by Crippen LogP contribution is 2.34. The van der Waals surface area contributed by atoms with Gasteiger partial charge in [0.25, 0.3) is 0 Å². The van der Waals surface area contributed by atoms with Gasteiger partial charge in [0.1, 0.15) is 0 Å². The fraction of sp³-hybridized carbons (Fsp3) is 0.571. The van der Waals surface area contributed by atoms with Crippen LogP contribution in [-0.4, -0.2) is 15.3 Å². The summed E-state index contributed by atoms with van der Waals surface area (Å²) < 4.78 is 2.19. The largest absolute Gasteiger partial charge is 0.325 e. The molecule has 0 bridgehead atoms. The van der Waals surface area contributed by atoms with E-state index in [0.717, 1.165) is 0 Å². The second kappa shape index (κ2) is 2.66. The van der Waals surface area contributed by atoms with Gasteiger partial charge in [-0.25, -0.2) is 4.98 Å². The van der Waals surface area contributed by atoms with E-state index >= 15 is 0 Å². The molecule has 0 radical (unpaired) electrons. The average Bonchev–Trinajstić information content (AvgIpc) is 2.59. The van der Waals surface area contributed by atoms with Crippen molar-refractivity contribution in [3.8, 4) is 0 Å². The van der Waals surface area contributed by atoms with Crippen molar-refractivity contribution < 1.29 is 0 Å². The molecular weight excluding hydrogens is 144 g/mol. The van der Waals surface area contributed by atoms with Gasteiger partial charge in [0.15, 0.2) is 0 Å². The van der Waals surface area contributed by atoms with Crippen molar-refractivity contribution in [3.63, 3.8) is 0 Å². The Morgan fingerprint density at radius 1 is 1.60 bits per heavy atom. The summed E-state index contributed by atoms with van der Waals surface area (Å²) in [4.78, 5) is 4.02. The quantitative estimate of drug-likeness (QED) is 0.615. The minimum absolute atomic E-state index is 0.669. The molecule has 2 heterocycles. The lowest BCUT2D eigenvalue weighted by Gasteiger charge is -2.07. The predicted octanol–water partition coefficient (Wildman–Crippen LogP) is 1.91. The number of hydrogen-bond donors (Lipinski definition) is 0. The first-order valence-corrected chi connectivity index (χ1v) is 4.61. The minimum Gasteiger partial charge on any atom is -0.325 e. The standard InChI is InChI=1S/C7H10N2S/c1-2-7(10-5-1)9-4-3-8-6-9/h3-4,6-7H,1-2,5H2. The third-order valence-corrected chi connectivity index (χ3v) is 3.15. The van der Waals surface area contributed by atoms with E-state index in [0.29, 0.717) is 5.37 Å². The molecule has 0 saturated carbocycles. The van der Waals surface area contributed by atoms with Crippen LogP contribution in [-0.2, 0) is 0 Å². The molecule has 3 heteroatoms. The molecule has 1 aliphatic rings. The van der Waals surface area contributed by atoms with E-state index in [9.17, 15) is 0 Å². The first-order valence-electron chi connectivity index (χ1n) is 3.56. The molecule has 1 saturated heterocycles. The third kappa shape index (κ3) is 1.06. The molecule has 0 spiro atoms. The summed E-state index contributed by atoms with van der Waals surface area (Å²) in [5.74, 6) is 1.31. The number of imidazole rings is 1. The van der Waals surface area contributed by atoms with E-state index in [1.807, 2.05) is 30.5 Å². The fourth-order valence-corrected chi connectivity index (χ4v) is 2.47. The summed E-state index contributed by atoms with van der Waals surface area (Å²) in [6.45, 7) is 0. The fourth-order valence-electron chi connectivity index (χ4n) is 1.24. The minimum atomic E-state index is 0.669. The maximum atomic E-state index is 4.02. The van der Waals surface area contributed by atoms with E-state index in [-0.39, 0.29) is 0 Å². The molecule has 2 nitrogen and oxygen atoms in total. The molecular formula is C7H10N2S. The molecule has 2 rings (SSSR count). The van der Waals surface area contributed by atoms with Crippen molar-refractivity contribution in [1.82, 2.24) is 9.55 Å². The van der Waals surface area contributed by atoms with Gasteiger partial charge >= 0.3 is 0 Å². The topological polar surface area (TPSA) is 17.8 Å². The van der Waals surface area contributed by atoms with Gasteiger partial charge in [-0.15, -0.1) is 11.8 Å². The summed E-state index contributed by atoms with van der Waals surface area (Å²) in [5, 5.41) is 0.669. The predicted molar refractivity (Wildman–Crippen MR) is 43.0 cm³/mol. The van der Waals surface area contributed by atoms with Gasteiger partial charge in [0.2, 0.25) is 0 Å². The van der Waals surface area contributed by atoms with Crippen LogP contribution in [0.5, 0.6) is 0 Å². The maximum Gasteiger partial charge on any atom is 0.0955 e. The first-order chi connectivity index (χ1) is 4.97. The van der Waals surface area contributed by atoms with Crippen molar-refractivity contribution >= 4 is 11.8 Å². The summed E-state index contributed by atoms with van der Waals surface area (Å²) in [7, 11) is 0. The smallest absolute Gasteiger partial charge is 0.0955 e. The molecule has 0 amide bonds. The Kier molecular flexibility index (Phi) is 1.67. The van der Waals surface area contributed by atoms with Crippen LogP contribution in [0.25, 0.3) is 0 Å². The van der Waals surface area contributed by atoms with Crippen LogP contribution in [0.1, 0.15) is 18.2 Å². The van der Waals surface area contributed by atoms with Crippen LogP contribution in [0.3, 0.4) is 0 Å². The second-order valence-corrected chi connectivity index (χ2v) is 3.76. The van der Waals surface area contributed by atoms with Crippen LogP contribution in [0.15, 0.2) is 18.7 Å². The van der Waals surface area contributed by atoms with Crippen LogP contribution in [0, 0.1) is 0 Å². The average molecular weight is 154 g/mol. The molecule has 1 aromatic heterocycles. The van der Waals surface area contributed by atoms with Crippen LogP contribution in [0.4, 0.5) is 0 Å². The van der Waals surface area contributed by atoms with Crippen molar-refractivity contribution in [2.24, 2.45) is 0 Å². The Morgan fingerprint density at radius 3 is 3.20 bits per heavy atom. The van der Waals surface area contributed by atoms with Crippen molar-refractivity contribution in [2.45, 2.75) is 18.2 Å². The Bertz CT molecular complexity index is 189. The zero-order valence-electron chi connectivity index (χ0n) is 5.73. The van der Waals surface area contributed by atoms with E-state index < -0.39 is 0 Å². The van der Waals surface area contributed by atoms with Gasteiger partial charge in [0, 0.05) is 12.4 Å². The van der Waals surface area contributed by atoms with Crippen molar-refractivity contribution in [2.75, 3.05) is 5.75 Å². The molecule has 1 fully saturated rings. The molecule has 1 aliphatic heterocycles. The van der Waals surface area contributed by atoms with Crippen molar-refractivity contribution in [1.29, 1.82) is 0 Å².